The van der Waals surface area contributed by atoms with Gasteiger partial charge in [-0.1, -0.05) is 42.9 Å². The molecule has 0 bridgehead atoms. The molecule has 0 spiro atoms. The summed E-state index contributed by atoms with van der Waals surface area (Å²) < 4.78 is 12.1. The largest absolute Gasteiger partial charge is 0.494 e. The number of carbonyl (C=O) groups is 3. The zero-order valence-electron chi connectivity index (χ0n) is 24.6. The monoisotopic (exact) mass is 623 g/mol. The number of aromatic nitrogens is 3. The highest BCUT2D eigenvalue weighted by atomic mass is 32.1. The smallest absolute Gasteiger partial charge is 0.338 e. The van der Waals surface area contributed by atoms with Crippen LogP contribution >= 0.6 is 11.3 Å². The van der Waals surface area contributed by atoms with E-state index in [1.165, 1.54) is 9.42 Å². The summed E-state index contributed by atoms with van der Waals surface area (Å²) in [6, 6.07) is 20.7. The number of carbonyl (C=O) groups excluding carboxylic acids is 3. The van der Waals surface area contributed by atoms with Crippen molar-refractivity contribution in [1.82, 2.24) is 14.6 Å². The Morgan fingerprint density at radius 2 is 1.71 bits per heavy atom. The Hall–Kier alpha value is -5.36. The molecule has 0 radical (unpaired) electrons. The molecule has 3 aromatic carbocycles. The summed E-state index contributed by atoms with van der Waals surface area (Å²) in [5.41, 5.74) is 2.37. The van der Waals surface area contributed by atoms with Crippen molar-refractivity contribution in [2.24, 2.45) is 0 Å². The number of hydrogen-bond donors (Lipinski definition) is 1. The minimum Gasteiger partial charge on any atom is -0.494 e. The molecule has 0 saturated carbocycles. The number of nitrogens with zero attached hydrogens (tertiary/aromatic N) is 4. The van der Waals surface area contributed by atoms with Gasteiger partial charge in [-0.25, -0.2) is 4.79 Å². The molecule has 11 nitrogen and oxygen atoms in total. The molecule has 2 aromatic heterocycles. The van der Waals surface area contributed by atoms with E-state index in [1.807, 2.05) is 24.3 Å². The summed E-state index contributed by atoms with van der Waals surface area (Å²) in [5.74, 6) is -0.226. The van der Waals surface area contributed by atoms with Gasteiger partial charge in [0.1, 0.15) is 16.8 Å². The molecule has 1 N–H and O–H groups in total. The summed E-state index contributed by atoms with van der Waals surface area (Å²) in [5, 5.41) is 7.19. The molecule has 1 aliphatic heterocycles. The lowest BCUT2D eigenvalue weighted by Crippen LogP contribution is -2.37. The van der Waals surface area contributed by atoms with Crippen LogP contribution in [-0.2, 0) is 14.3 Å². The van der Waals surface area contributed by atoms with E-state index < -0.39 is 23.3 Å². The number of esters is 1. The number of benzene rings is 3. The molecule has 0 fully saturated rings. The number of fused-ring (bicyclic) bond motifs is 2. The maximum Gasteiger partial charge on any atom is 0.338 e. The van der Waals surface area contributed by atoms with Crippen LogP contribution in [0.5, 0.6) is 5.75 Å². The number of amides is 2. The third-order valence-electron chi connectivity index (χ3n) is 7.17. The summed E-state index contributed by atoms with van der Waals surface area (Å²) in [6.07, 6.45) is 2.02. The maximum absolute atomic E-state index is 13.8. The second kappa shape index (κ2) is 12.7. The fourth-order valence-electron chi connectivity index (χ4n) is 4.95. The molecule has 0 aliphatic carbocycles. The minimum absolute atomic E-state index is 0.200. The van der Waals surface area contributed by atoms with Crippen LogP contribution < -0.4 is 25.0 Å². The molecule has 6 rings (SSSR count). The van der Waals surface area contributed by atoms with E-state index in [1.54, 1.807) is 55.5 Å². The van der Waals surface area contributed by atoms with Gasteiger partial charge in [-0.05, 0) is 67.9 Å². The third-order valence-corrected chi connectivity index (χ3v) is 8.20. The van der Waals surface area contributed by atoms with Crippen molar-refractivity contribution in [2.45, 2.75) is 26.7 Å². The van der Waals surface area contributed by atoms with Crippen LogP contribution in [0, 0.1) is 0 Å². The van der Waals surface area contributed by atoms with Crippen LogP contribution in [0.3, 0.4) is 0 Å². The first-order valence-electron chi connectivity index (χ1n) is 14.5. The minimum atomic E-state index is -0.468. The van der Waals surface area contributed by atoms with E-state index >= 15 is 0 Å². The number of unbranched alkanes of at least 4 members (excludes halogenated alkanes) is 1. The van der Waals surface area contributed by atoms with E-state index in [-0.39, 0.29) is 23.3 Å². The summed E-state index contributed by atoms with van der Waals surface area (Å²) in [4.78, 5) is 58.5. The lowest BCUT2D eigenvalue weighted by atomic mass is 10.1. The second-order valence-electron chi connectivity index (χ2n) is 10.2. The lowest BCUT2D eigenvalue weighted by Gasteiger charge is -2.16. The second-order valence-corrected chi connectivity index (χ2v) is 11.2. The van der Waals surface area contributed by atoms with Gasteiger partial charge in [0.15, 0.2) is 5.82 Å². The van der Waals surface area contributed by atoms with Crippen LogP contribution in [0.4, 0.5) is 11.4 Å². The van der Waals surface area contributed by atoms with E-state index in [2.05, 4.69) is 22.3 Å². The van der Waals surface area contributed by atoms with Crippen LogP contribution in [0.1, 0.15) is 42.6 Å². The number of para-hydroxylation sites is 1. The van der Waals surface area contributed by atoms with Crippen molar-refractivity contribution in [3.63, 3.8) is 0 Å². The van der Waals surface area contributed by atoms with Crippen LogP contribution in [-0.4, -0.2) is 52.1 Å². The van der Waals surface area contributed by atoms with Gasteiger partial charge in [-0.3, -0.25) is 19.3 Å². The van der Waals surface area contributed by atoms with Gasteiger partial charge in [0.25, 0.3) is 11.5 Å². The van der Waals surface area contributed by atoms with Crippen molar-refractivity contribution in [2.75, 3.05) is 30.0 Å². The van der Waals surface area contributed by atoms with E-state index in [9.17, 15) is 19.2 Å². The zero-order valence-corrected chi connectivity index (χ0v) is 25.4. The first-order valence-corrected chi connectivity index (χ1v) is 15.3. The van der Waals surface area contributed by atoms with Gasteiger partial charge in [0.2, 0.25) is 10.9 Å². The predicted molar refractivity (Wildman–Crippen MR) is 171 cm³/mol. The molecule has 0 unspecified atom stereocenters. The highest BCUT2D eigenvalue weighted by molar-refractivity contribution is 7.15. The predicted octanol–water partition coefficient (Wildman–Crippen LogP) is 4.08. The van der Waals surface area contributed by atoms with Crippen molar-refractivity contribution < 1.29 is 23.9 Å². The first kappa shape index (κ1) is 29.7. The fraction of sp³-hybridized carbons (Fsp3) is 0.212. The highest BCUT2D eigenvalue weighted by Gasteiger charge is 2.35. The Bertz CT molecular complexity index is 2020. The number of ether oxygens (including phenoxy) is 2. The molecule has 5 aromatic rings. The number of anilines is 2. The number of hydrogen-bond acceptors (Lipinski definition) is 9. The Kier molecular flexibility index (Phi) is 8.39. The molecule has 228 valence electrons. The van der Waals surface area contributed by atoms with Gasteiger partial charge in [0.05, 0.1) is 30.0 Å². The number of thiazole rings is 1. The van der Waals surface area contributed by atoms with E-state index in [0.29, 0.717) is 39.9 Å². The molecule has 2 amide bonds. The standard InChI is InChI=1S/C33H29N5O6S/c1-3-5-18-44-23-16-12-20(13-17-23)29-35-33-38(36-29)31(41)28(45-33)27-24-8-6-7-9-25(24)37(30(27)40)19-26(39)34-22-14-10-21(11-15-22)32(42)43-4-2/h6-17H,3-5,18-19H2,1-2H3,(H,34,39)/b28-27-. The molecule has 0 saturated heterocycles. The quantitative estimate of drug-likeness (QED) is 0.182. The first-order chi connectivity index (χ1) is 21.9. The maximum atomic E-state index is 13.8. The molecule has 0 atom stereocenters. The van der Waals surface area contributed by atoms with Crippen LogP contribution in [0.2, 0.25) is 0 Å². The number of nitrogens with one attached hydrogen (secondary N) is 1. The average Bonchev–Trinajstić information content (AvgIpc) is 3.68. The molecular weight excluding hydrogens is 594 g/mol. The van der Waals surface area contributed by atoms with Crippen molar-refractivity contribution in [1.29, 1.82) is 0 Å². The van der Waals surface area contributed by atoms with Gasteiger partial charge >= 0.3 is 5.97 Å². The molecule has 1 aliphatic rings. The average molecular weight is 624 g/mol. The Morgan fingerprint density at radius 1 is 0.956 bits per heavy atom. The molecule has 12 heteroatoms. The van der Waals surface area contributed by atoms with Crippen molar-refractivity contribution >= 4 is 51.0 Å². The normalized spacial score (nSPS) is 13.6. The molecule has 45 heavy (non-hydrogen) atoms. The fourth-order valence-corrected chi connectivity index (χ4v) is 5.94. The molecular formula is C33H29N5O6S. The van der Waals surface area contributed by atoms with Crippen LogP contribution in [0.15, 0.2) is 77.6 Å². The Balaban J connectivity index is 1.25. The number of rotatable bonds is 10. The van der Waals surface area contributed by atoms with Crippen molar-refractivity contribution in [3.05, 3.63) is 98.8 Å². The molecule has 3 heterocycles. The van der Waals surface area contributed by atoms with Gasteiger partial charge < -0.3 is 14.8 Å². The van der Waals surface area contributed by atoms with Gasteiger partial charge in [0, 0.05) is 16.8 Å². The zero-order chi connectivity index (χ0) is 31.5. The highest BCUT2D eigenvalue weighted by Crippen LogP contribution is 2.35. The van der Waals surface area contributed by atoms with E-state index in [0.717, 1.165) is 35.5 Å². The third kappa shape index (κ3) is 5.92. The lowest BCUT2D eigenvalue weighted by molar-refractivity contribution is -0.118. The van der Waals surface area contributed by atoms with E-state index in [4.69, 9.17) is 9.47 Å². The summed E-state index contributed by atoms with van der Waals surface area (Å²) in [6.45, 7) is 4.45. The van der Waals surface area contributed by atoms with Crippen molar-refractivity contribution in [3.8, 4) is 17.1 Å². The summed E-state index contributed by atoms with van der Waals surface area (Å²) >= 11 is 1.08. The summed E-state index contributed by atoms with van der Waals surface area (Å²) in [7, 11) is 0. The Labute approximate surface area is 261 Å². The van der Waals surface area contributed by atoms with Crippen LogP contribution in [0.25, 0.3) is 21.9 Å². The Morgan fingerprint density at radius 3 is 2.42 bits per heavy atom. The van der Waals surface area contributed by atoms with Gasteiger partial charge in [-0.2, -0.15) is 9.50 Å². The topological polar surface area (TPSA) is 132 Å². The SMILES string of the molecule is CCCCOc1ccc(-c2nc3s/c(=C4\C(=O)N(CC(=O)Nc5ccc(C(=O)OCC)cc5)c5ccccc54)c(=O)n3n2)cc1. The van der Waals surface area contributed by atoms with Gasteiger partial charge in [-0.15, -0.1) is 5.10 Å².